The highest BCUT2D eigenvalue weighted by Gasteiger charge is 2.30. The first-order valence-electron chi connectivity index (χ1n) is 6.96. The minimum atomic E-state index is 0.390. The van der Waals surface area contributed by atoms with E-state index in [4.69, 9.17) is 0 Å². The zero-order valence-corrected chi connectivity index (χ0v) is 13.2. The van der Waals surface area contributed by atoms with Gasteiger partial charge in [-0.25, -0.2) is 9.97 Å². The zero-order valence-electron chi connectivity index (χ0n) is 12.4. The SMILES string of the molecule is CCCNc1cc(N2CCC(C)(C)C2)nc(SC)n1. The third-order valence-electron chi connectivity index (χ3n) is 3.43. The molecule has 2 rings (SSSR count). The molecule has 4 nitrogen and oxygen atoms in total. The Morgan fingerprint density at radius 1 is 1.42 bits per heavy atom. The molecule has 1 aromatic rings. The summed E-state index contributed by atoms with van der Waals surface area (Å²) in [6.07, 6.45) is 4.35. The number of aromatic nitrogens is 2. The van der Waals surface area contributed by atoms with E-state index in [0.717, 1.165) is 42.8 Å². The first-order valence-corrected chi connectivity index (χ1v) is 8.18. The minimum absolute atomic E-state index is 0.390. The van der Waals surface area contributed by atoms with E-state index in [9.17, 15) is 0 Å². The van der Waals surface area contributed by atoms with Crippen LogP contribution in [0.4, 0.5) is 11.6 Å². The van der Waals surface area contributed by atoms with E-state index in [0.29, 0.717) is 5.41 Å². The third-order valence-corrected chi connectivity index (χ3v) is 3.98. The van der Waals surface area contributed by atoms with Crippen molar-refractivity contribution in [2.75, 3.05) is 36.1 Å². The van der Waals surface area contributed by atoms with Crippen molar-refractivity contribution in [1.29, 1.82) is 0 Å². The molecule has 19 heavy (non-hydrogen) atoms. The molecule has 0 saturated carbocycles. The summed E-state index contributed by atoms with van der Waals surface area (Å²) in [5.74, 6) is 2.00. The maximum absolute atomic E-state index is 4.65. The molecule has 0 amide bonds. The van der Waals surface area contributed by atoms with Crippen LogP contribution in [-0.2, 0) is 0 Å². The summed E-state index contributed by atoms with van der Waals surface area (Å²) in [7, 11) is 0. The van der Waals surface area contributed by atoms with Crippen molar-refractivity contribution in [2.45, 2.75) is 38.8 Å². The Bertz CT molecular complexity index is 433. The highest BCUT2D eigenvalue weighted by molar-refractivity contribution is 7.98. The fraction of sp³-hybridized carbons (Fsp3) is 0.714. The molecule has 1 N–H and O–H groups in total. The Labute approximate surface area is 120 Å². The predicted octanol–water partition coefficient (Wildman–Crippen LogP) is 3.26. The Morgan fingerprint density at radius 2 is 2.21 bits per heavy atom. The lowest BCUT2D eigenvalue weighted by Crippen LogP contribution is -2.24. The quantitative estimate of drug-likeness (QED) is 0.662. The van der Waals surface area contributed by atoms with Gasteiger partial charge in [-0.1, -0.05) is 32.5 Å². The molecular weight excluding hydrogens is 256 g/mol. The molecule has 0 aromatic carbocycles. The minimum Gasteiger partial charge on any atom is -0.370 e. The van der Waals surface area contributed by atoms with Crippen LogP contribution in [0.15, 0.2) is 11.2 Å². The summed E-state index contributed by atoms with van der Waals surface area (Å²) >= 11 is 1.60. The number of nitrogens with zero attached hydrogens (tertiary/aromatic N) is 3. The van der Waals surface area contributed by atoms with E-state index < -0.39 is 0 Å². The standard InChI is InChI=1S/C14H24N4S/c1-5-7-15-11-9-12(17-13(16-11)19-4)18-8-6-14(2,3)10-18/h9H,5-8,10H2,1-4H3,(H,15,16,17). The summed E-state index contributed by atoms with van der Waals surface area (Å²) in [4.78, 5) is 11.5. The second-order valence-electron chi connectivity index (χ2n) is 5.86. The van der Waals surface area contributed by atoms with E-state index in [1.807, 2.05) is 6.26 Å². The van der Waals surface area contributed by atoms with Gasteiger partial charge in [-0.2, -0.15) is 0 Å². The molecule has 5 heteroatoms. The molecule has 1 aromatic heterocycles. The van der Waals surface area contributed by atoms with Crippen molar-refractivity contribution in [3.05, 3.63) is 6.07 Å². The summed E-state index contributed by atoms with van der Waals surface area (Å²) in [6, 6.07) is 2.08. The molecule has 1 fully saturated rings. The summed E-state index contributed by atoms with van der Waals surface area (Å²) < 4.78 is 0. The average molecular weight is 280 g/mol. The van der Waals surface area contributed by atoms with E-state index in [1.54, 1.807) is 11.8 Å². The maximum Gasteiger partial charge on any atom is 0.191 e. The Morgan fingerprint density at radius 3 is 2.79 bits per heavy atom. The highest BCUT2D eigenvalue weighted by Crippen LogP contribution is 2.32. The molecule has 1 saturated heterocycles. The van der Waals surface area contributed by atoms with Crippen molar-refractivity contribution in [3.8, 4) is 0 Å². The van der Waals surface area contributed by atoms with Crippen LogP contribution in [0.3, 0.4) is 0 Å². The van der Waals surface area contributed by atoms with Crippen LogP contribution in [0.2, 0.25) is 0 Å². The predicted molar refractivity (Wildman–Crippen MR) is 83.2 cm³/mol. The van der Waals surface area contributed by atoms with E-state index in [-0.39, 0.29) is 0 Å². The van der Waals surface area contributed by atoms with Crippen LogP contribution in [-0.4, -0.2) is 35.9 Å². The molecule has 0 bridgehead atoms. The lowest BCUT2D eigenvalue weighted by Gasteiger charge is -2.21. The van der Waals surface area contributed by atoms with Crippen LogP contribution >= 0.6 is 11.8 Å². The second kappa shape index (κ2) is 5.99. The molecule has 0 aliphatic carbocycles. The van der Waals surface area contributed by atoms with Gasteiger partial charge < -0.3 is 10.2 Å². The van der Waals surface area contributed by atoms with Crippen LogP contribution < -0.4 is 10.2 Å². The summed E-state index contributed by atoms with van der Waals surface area (Å²) in [6.45, 7) is 9.92. The molecule has 1 aliphatic rings. The maximum atomic E-state index is 4.65. The number of thioether (sulfide) groups is 1. The molecule has 0 atom stereocenters. The summed E-state index contributed by atoms with van der Waals surface area (Å²) in [5, 5.41) is 4.21. The number of hydrogen-bond acceptors (Lipinski definition) is 5. The van der Waals surface area contributed by atoms with Gasteiger partial charge >= 0.3 is 0 Å². The lowest BCUT2D eigenvalue weighted by molar-refractivity contribution is 0.418. The molecule has 1 aliphatic heterocycles. The fourth-order valence-corrected chi connectivity index (χ4v) is 2.69. The van der Waals surface area contributed by atoms with Gasteiger partial charge in [0.1, 0.15) is 11.6 Å². The number of rotatable bonds is 5. The fourth-order valence-electron chi connectivity index (χ4n) is 2.32. The molecule has 0 unspecified atom stereocenters. The van der Waals surface area contributed by atoms with Crippen molar-refractivity contribution >= 4 is 23.4 Å². The number of anilines is 2. The second-order valence-corrected chi connectivity index (χ2v) is 6.63. The average Bonchev–Trinajstić information content (AvgIpc) is 2.76. The normalized spacial score (nSPS) is 17.8. The topological polar surface area (TPSA) is 41.0 Å². The molecule has 2 heterocycles. The largest absolute Gasteiger partial charge is 0.370 e. The van der Waals surface area contributed by atoms with E-state index in [1.165, 1.54) is 6.42 Å². The van der Waals surface area contributed by atoms with Gasteiger partial charge in [-0.3, -0.25) is 0 Å². The van der Waals surface area contributed by atoms with E-state index in [2.05, 4.69) is 47.0 Å². The lowest BCUT2D eigenvalue weighted by atomic mass is 9.93. The van der Waals surface area contributed by atoms with Gasteiger partial charge in [-0.05, 0) is 24.5 Å². The molecule has 0 spiro atoms. The van der Waals surface area contributed by atoms with Crippen LogP contribution in [0, 0.1) is 5.41 Å². The molecule has 0 radical (unpaired) electrons. The van der Waals surface area contributed by atoms with Crippen molar-refractivity contribution in [1.82, 2.24) is 9.97 Å². The van der Waals surface area contributed by atoms with Gasteiger partial charge in [0.2, 0.25) is 0 Å². The van der Waals surface area contributed by atoms with Crippen molar-refractivity contribution in [2.24, 2.45) is 5.41 Å². The van der Waals surface area contributed by atoms with Gasteiger partial charge in [0.15, 0.2) is 5.16 Å². The van der Waals surface area contributed by atoms with Gasteiger partial charge in [0.05, 0.1) is 0 Å². The highest BCUT2D eigenvalue weighted by atomic mass is 32.2. The zero-order chi connectivity index (χ0) is 13.9. The Kier molecular flexibility index (Phi) is 4.55. The van der Waals surface area contributed by atoms with E-state index >= 15 is 0 Å². The first-order chi connectivity index (χ1) is 9.04. The van der Waals surface area contributed by atoms with Gasteiger partial charge in [0, 0.05) is 25.7 Å². The smallest absolute Gasteiger partial charge is 0.191 e. The van der Waals surface area contributed by atoms with Crippen LogP contribution in [0.5, 0.6) is 0 Å². The number of nitrogens with one attached hydrogen (secondary N) is 1. The Hall–Kier alpha value is -0.970. The number of hydrogen-bond donors (Lipinski definition) is 1. The monoisotopic (exact) mass is 280 g/mol. The van der Waals surface area contributed by atoms with Crippen molar-refractivity contribution in [3.63, 3.8) is 0 Å². The van der Waals surface area contributed by atoms with Gasteiger partial charge in [-0.15, -0.1) is 0 Å². The molecule has 106 valence electrons. The van der Waals surface area contributed by atoms with Crippen molar-refractivity contribution < 1.29 is 0 Å². The first kappa shape index (κ1) is 14.4. The van der Waals surface area contributed by atoms with Gasteiger partial charge in [0.25, 0.3) is 0 Å². The van der Waals surface area contributed by atoms with Crippen LogP contribution in [0.25, 0.3) is 0 Å². The Balaban J connectivity index is 2.19. The summed E-state index contributed by atoms with van der Waals surface area (Å²) in [5.41, 5.74) is 0.390. The van der Waals surface area contributed by atoms with Crippen LogP contribution in [0.1, 0.15) is 33.6 Å². The third kappa shape index (κ3) is 3.75. The molecular formula is C14H24N4S.